The van der Waals surface area contributed by atoms with Crippen molar-refractivity contribution in [2.45, 2.75) is 99.3 Å². The summed E-state index contributed by atoms with van der Waals surface area (Å²) in [6.07, 6.45) is 0. The van der Waals surface area contributed by atoms with Crippen LogP contribution >= 0.6 is 0 Å². The first-order valence-electron chi connectivity index (χ1n) is 11.5. The van der Waals surface area contributed by atoms with Crippen molar-refractivity contribution in [3.8, 4) is 0 Å². The molecule has 6 nitrogen and oxygen atoms in total. The van der Waals surface area contributed by atoms with Gasteiger partial charge in [0.05, 0.1) is 0 Å². The summed E-state index contributed by atoms with van der Waals surface area (Å²) >= 11 is 0. The first-order chi connectivity index (χ1) is 14.0. The van der Waals surface area contributed by atoms with Gasteiger partial charge in [0.15, 0.2) is 0 Å². The molecule has 3 aromatic rings. The van der Waals surface area contributed by atoms with E-state index in [2.05, 4.69) is 130 Å². The Bertz CT molecular complexity index is 954. The Morgan fingerprint density at radius 1 is 0.545 bits per heavy atom. The standard InChI is InChI=1S/C24H40BN6.HI.Mg/c1-16-13-19(22(4,5)6)26-29(16)25(30-17(2)14-20(27-30)23(7,8)9)31-18(3)15-21(28-31)24(10,11)12;;/h13-15,25H,1-12H3;1H;/q-1;;+2/p+2. The molecule has 0 aromatic carbocycles. The van der Waals surface area contributed by atoms with Crippen LogP contribution in [-0.2, 0) is 16.2 Å². The Morgan fingerprint density at radius 2 is 0.758 bits per heavy atom. The minimum absolute atomic E-state index is 0. The number of nitrogens with zero attached hydrogens (tertiary/aromatic N) is 3. The Labute approximate surface area is 233 Å². The molecular weight excluding hydrogens is 534 g/mol. The van der Waals surface area contributed by atoms with Gasteiger partial charge >= 0.3 is 30.2 Å². The van der Waals surface area contributed by atoms with Crippen molar-refractivity contribution in [1.29, 1.82) is 0 Å². The Morgan fingerprint density at radius 3 is 0.909 bits per heavy atom. The summed E-state index contributed by atoms with van der Waals surface area (Å²) < 4.78 is 7.02. The van der Waals surface area contributed by atoms with Crippen LogP contribution in [0.4, 0.5) is 0 Å². The zero-order valence-corrected chi connectivity index (χ0v) is 26.4. The number of halogens is 1. The van der Waals surface area contributed by atoms with Gasteiger partial charge < -0.3 is 24.0 Å². The number of aromatic amines is 3. The van der Waals surface area contributed by atoms with Crippen LogP contribution in [0.1, 0.15) is 96.5 Å². The number of hydrogen-bond donors (Lipinski definition) is 0. The summed E-state index contributed by atoms with van der Waals surface area (Å²) in [5.74, 6) is 0. The molecule has 0 atom stereocenters. The van der Waals surface area contributed by atoms with E-state index < -0.39 is 7.12 Å². The second-order valence-electron chi connectivity index (χ2n) is 12.4. The van der Waals surface area contributed by atoms with Crippen LogP contribution in [0.15, 0.2) is 18.2 Å². The van der Waals surface area contributed by atoms with Gasteiger partial charge in [-0.15, -0.1) is 0 Å². The van der Waals surface area contributed by atoms with Crippen LogP contribution in [0.3, 0.4) is 0 Å². The van der Waals surface area contributed by atoms with Gasteiger partial charge in [0.25, 0.3) is 0 Å². The summed E-state index contributed by atoms with van der Waals surface area (Å²) in [5, 5.41) is 11.2. The number of H-pyrrole nitrogens is 3. The normalized spacial score (nSPS) is 12.6. The predicted molar refractivity (Wildman–Crippen MR) is 132 cm³/mol. The molecule has 0 saturated carbocycles. The van der Waals surface area contributed by atoms with Crippen LogP contribution < -0.4 is 39.3 Å². The summed E-state index contributed by atoms with van der Waals surface area (Å²) in [6, 6.07) is 6.85. The second-order valence-corrected chi connectivity index (χ2v) is 12.4. The molecule has 33 heavy (non-hydrogen) atoms. The zero-order valence-electron chi connectivity index (χ0n) is 22.9. The van der Waals surface area contributed by atoms with Gasteiger partial charge in [0.2, 0.25) is 17.1 Å². The maximum Gasteiger partial charge on any atom is 2.00 e. The van der Waals surface area contributed by atoms with Crippen molar-refractivity contribution in [3.05, 3.63) is 52.4 Å². The van der Waals surface area contributed by atoms with Gasteiger partial charge in [-0.3, -0.25) is 13.8 Å². The smallest absolute Gasteiger partial charge is 1.00 e. The fourth-order valence-electron chi connectivity index (χ4n) is 4.12. The van der Waals surface area contributed by atoms with Gasteiger partial charge in [-0.2, -0.15) is 15.3 Å². The molecule has 0 aliphatic heterocycles. The third kappa shape index (κ3) is 6.25. The van der Waals surface area contributed by atoms with Gasteiger partial charge in [-0.25, -0.2) is 0 Å². The van der Waals surface area contributed by atoms with Gasteiger partial charge in [0, 0.05) is 51.5 Å². The van der Waals surface area contributed by atoms with Crippen molar-refractivity contribution in [3.63, 3.8) is 0 Å². The van der Waals surface area contributed by atoms with E-state index in [1.54, 1.807) is 0 Å². The largest absolute Gasteiger partial charge is 2.00 e. The number of rotatable bonds is 3. The molecule has 3 aromatic heterocycles. The molecule has 0 spiro atoms. The van der Waals surface area contributed by atoms with Crippen molar-refractivity contribution in [1.82, 2.24) is 13.8 Å². The number of aromatic nitrogens is 6. The second kappa shape index (κ2) is 10.0. The third-order valence-corrected chi connectivity index (χ3v) is 6.38. The summed E-state index contributed by atoms with van der Waals surface area (Å²) in [5.41, 5.74) is 7.55. The minimum atomic E-state index is -1.25. The Balaban J connectivity index is 0.00000272. The molecule has 0 amide bonds. The van der Waals surface area contributed by atoms with E-state index >= 15 is 0 Å². The summed E-state index contributed by atoms with van der Waals surface area (Å²) in [7, 11) is -1.25. The topological polar surface area (TPSA) is 57.2 Å². The van der Waals surface area contributed by atoms with Crippen molar-refractivity contribution < 1.29 is 39.3 Å². The van der Waals surface area contributed by atoms with E-state index in [9.17, 15) is 0 Å². The van der Waals surface area contributed by atoms with E-state index in [0.717, 1.165) is 0 Å². The molecule has 178 valence electrons. The molecule has 0 aliphatic carbocycles. The fourth-order valence-corrected chi connectivity index (χ4v) is 4.12. The molecule has 3 heterocycles. The van der Waals surface area contributed by atoms with Crippen LogP contribution in [0, 0.1) is 20.8 Å². The van der Waals surface area contributed by atoms with Crippen LogP contribution in [0.25, 0.3) is 0 Å². The molecule has 3 N–H and O–H groups in total. The van der Waals surface area contributed by atoms with Gasteiger partial charge in [-0.05, 0) is 20.8 Å². The van der Waals surface area contributed by atoms with E-state index in [-0.39, 0.29) is 63.3 Å². The van der Waals surface area contributed by atoms with E-state index in [0.29, 0.717) is 0 Å². The molecule has 0 saturated heterocycles. The quantitative estimate of drug-likeness (QED) is 0.302. The van der Waals surface area contributed by atoms with Gasteiger partial charge in [-0.1, -0.05) is 62.3 Å². The van der Waals surface area contributed by atoms with Crippen molar-refractivity contribution in [2.75, 3.05) is 0 Å². The molecule has 3 rings (SSSR count). The van der Waals surface area contributed by atoms with E-state index in [1.807, 2.05) is 0 Å². The Kier molecular flexibility index (Phi) is 9.20. The molecule has 0 radical (unpaired) electrons. The average Bonchev–Trinajstić information content (AvgIpc) is 3.26. The predicted octanol–water partition coefficient (Wildman–Crippen LogP) is -0.364. The van der Waals surface area contributed by atoms with Crippen LogP contribution in [0.2, 0.25) is 0 Å². The van der Waals surface area contributed by atoms with Crippen LogP contribution in [0.5, 0.6) is 0 Å². The minimum Gasteiger partial charge on any atom is -1.00 e. The SMILES string of the molecule is Cc1cc(C(C)(C)C)[nH+]n1[BH-](n1[nH+]c(C(C)(C)C)cc1C)n1[nH+]c(C(C)(C)C)cc1C.[I-].[Mg+2]. The molecule has 9 heteroatoms. The van der Waals surface area contributed by atoms with Crippen LogP contribution in [-0.4, -0.2) is 43.9 Å². The molecule has 0 unspecified atom stereocenters. The fraction of sp³-hybridized carbons (Fsp3) is 0.625. The van der Waals surface area contributed by atoms with E-state index in [1.165, 1.54) is 34.2 Å². The molecular formula is C24H43BIMgN6+3. The first-order valence-corrected chi connectivity index (χ1v) is 11.5. The zero-order chi connectivity index (χ0) is 23.5. The van der Waals surface area contributed by atoms with Crippen molar-refractivity contribution in [2.24, 2.45) is 0 Å². The average molecular weight is 578 g/mol. The number of hydrogen-bond acceptors (Lipinski definition) is 0. The Hall–Kier alpha value is -0.809. The monoisotopic (exact) mass is 577 g/mol. The first kappa shape index (κ1) is 30.2. The summed E-state index contributed by atoms with van der Waals surface area (Å²) in [4.78, 5) is 0. The molecule has 0 bridgehead atoms. The van der Waals surface area contributed by atoms with E-state index in [4.69, 9.17) is 0 Å². The number of aryl methyl sites for hydroxylation is 3. The maximum atomic E-state index is 3.74. The molecule has 0 fully saturated rings. The third-order valence-electron chi connectivity index (χ3n) is 6.38. The van der Waals surface area contributed by atoms with Crippen molar-refractivity contribution >= 4 is 30.2 Å². The number of nitrogens with one attached hydrogen (secondary N) is 3. The van der Waals surface area contributed by atoms with Gasteiger partial charge in [0.1, 0.15) is 0 Å². The maximum absolute atomic E-state index is 3.74. The summed E-state index contributed by atoms with van der Waals surface area (Å²) in [6.45, 7) is 26.9. The molecule has 0 aliphatic rings.